The summed E-state index contributed by atoms with van der Waals surface area (Å²) in [5.74, 6) is -2.29. The molecule has 4 rings (SSSR count). The molecule has 1 aromatic heterocycles. The van der Waals surface area contributed by atoms with E-state index in [0.717, 1.165) is 18.5 Å². The van der Waals surface area contributed by atoms with Gasteiger partial charge in [0.1, 0.15) is 17.9 Å². The lowest BCUT2D eigenvalue weighted by molar-refractivity contribution is -0.192. The first-order valence-corrected chi connectivity index (χ1v) is 10.7. The average Bonchev–Trinajstić information content (AvgIpc) is 2.78. The van der Waals surface area contributed by atoms with E-state index in [9.17, 15) is 17.6 Å². The Balaban J connectivity index is 0.000000429. The maximum Gasteiger partial charge on any atom is 0.490 e. The van der Waals surface area contributed by atoms with Crippen LogP contribution < -0.4 is 21.1 Å². The number of carboxylic acids is 1. The van der Waals surface area contributed by atoms with Crippen LogP contribution in [-0.2, 0) is 4.79 Å². The molecule has 1 saturated carbocycles. The molecular formula is C21H19Cl2F4N5O3. The largest absolute Gasteiger partial charge is 0.495 e. The number of fused-ring (bicyclic) bond motifs is 1. The van der Waals surface area contributed by atoms with E-state index in [1.54, 1.807) is 7.11 Å². The minimum Gasteiger partial charge on any atom is -0.495 e. The van der Waals surface area contributed by atoms with Gasteiger partial charge in [0.2, 0.25) is 0 Å². The molecule has 1 fully saturated rings. The molecule has 1 heterocycles. The number of methoxy groups -OCH3 is 1. The number of rotatable bonds is 5. The highest BCUT2D eigenvalue weighted by atomic mass is 35.5. The normalized spacial score (nSPS) is 17.1. The molecule has 2 aromatic carbocycles. The number of nitrogens with one attached hydrogen (secondary N) is 2. The van der Waals surface area contributed by atoms with Gasteiger partial charge < -0.3 is 26.2 Å². The molecule has 0 bridgehead atoms. The number of halogens is 6. The number of ether oxygens (including phenoxy) is 1. The van der Waals surface area contributed by atoms with Gasteiger partial charge in [0.25, 0.3) is 0 Å². The van der Waals surface area contributed by atoms with Crippen LogP contribution in [0.15, 0.2) is 30.6 Å². The van der Waals surface area contributed by atoms with Gasteiger partial charge in [-0.3, -0.25) is 0 Å². The third-order valence-electron chi connectivity index (χ3n) is 5.02. The van der Waals surface area contributed by atoms with Gasteiger partial charge in [0.15, 0.2) is 5.82 Å². The number of carboxylic acid groups (broad SMARTS) is 1. The molecule has 0 aliphatic heterocycles. The van der Waals surface area contributed by atoms with Crippen LogP contribution in [0.5, 0.6) is 5.75 Å². The number of hydrogen-bond acceptors (Lipinski definition) is 7. The van der Waals surface area contributed by atoms with Gasteiger partial charge in [-0.15, -0.1) is 0 Å². The monoisotopic (exact) mass is 535 g/mol. The molecule has 1 aliphatic carbocycles. The van der Waals surface area contributed by atoms with Crippen molar-refractivity contribution in [2.75, 3.05) is 17.7 Å². The molecule has 1 aliphatic rings. The van der Waals surface area contributed by atoms with Crippen LogP contribution in [0.2, 0.25) is 10.0 Å². The van der Waals surface area contributed by atoms with Crippen LogP contribution >= 0.6 is 23.2 Å². The van der Waals surface area contributed by atoms with E-state index >= 15 is 0 Å². The fourth-order valence-corrected chi connectivity index (χ4v) is 3.53. The number of carbonyl (C=O) groups is 1. The summed E-state index contributed by atoms with van der Waals surface area (Å²) in [4.78, 5) is 17.5. The number of nitrogens with two attached hydrogens (primary N) is 1. The Morgan fingerprint density at radius 2 is 1.86 bits per heavy atom. The standard InChI is InChI=1S/C19H18Cl2FN5O.C2HF3O2/c1-28-16-7-14-11(6-15(16)26-10-4-9(23)5-10)19(25-8-24-14)27-13-3-2-12(20)17(21)18(13)22;3-2(4,5)1(6)7/h2-3,6-10,26H,4-5,23H2,1H3,(H,24,25,27);(H,6,7). The van der Waals surface area contributed by atoms with Crippen molar-refractivity contribution in [2.24, 2.45) is 5.73 Å². The zero-order valence-corrected chi connectivity index (χ0v) is 19.5. The van der Waals surface area contributed by atoms with Crippen molar-refractivity contribution in [2.45, 2.75) is 31.1 Å². The summed E-state index contributed by atoms with van der Waals surface area (Å²) in [6, 6.07) is 7.24. The van der Waals surface area contributed by atoms with Crippen LogP contribution in [0.4, 0.5) is 34.8 Å². The summed E-state index contributed by atoms with van der Waals surface area (Å²) in [5, 5.41) is 14.3. The van der Waals surface area contributed by atoms with E-state index in [2.05, 4.69) is 20.6 Å². The second kappa shape index (κ2) is 10.7. The van der Waals surface area contributed by atoms with Crippen LogP contribution in [0.3, 0.4) is 0 Å². The zero-order chi connectivity index (χ0) is 25.9. The van der Waals surface area contributed by atoms with Crippen molar-refractivity contribution in [3.8, 4) is 5.75 Å². The number of aromatic nitrogens is 2. The molecule has 0 atom stereocenters. The number of aliphatic carboxylic acids is 1. The molecule has 14 heteroatoms. The average molecular weight is 536 g/mol. The number of hydrogen-bond donors (Lipinski definition) is 4. The van der Waals surface area contributed by atoms with Crippen molar-refractivity contribution in [3.63, 3.8) is 0 Å². The lowest BCUT2D eigenvalue weighted by Crippen LogP contribution is -2.44. The second-order valence-corrected chi connectivity index (χ2v) is 8.30. The molecule has 0 radical (unpaired) electrons. The van der Waals surface area contributed by atoms with Gasteiger partial charge in [-0.05, 0) is 31.0 Å². The molecule has 35 heavy (non-hydrogen) atoms. The summed E-state index contributed by atoms with van der Waals surface area (Å²) >= 11 is 11.8. The SMILES string of the molecule is COc1cc2ncnc(Nc3ccc(Cl)c(Cl)c3F)c2cc1NC1CC(N)C1.O=C(O)C(F)(F)F. The summed E-state index contributed by atoms with van der Waals surface area (Å²) in [5.41, 5.74) is 7.51. The van der Waals surface area contributed by atoms with Crippen LogP contribution in [0, 0.1) is 5.82 Å². The van der Waals surface area contributed by atoms with Gasteiger partial charge in [0.05, 0.1) is 34.0 Å². The molecule has 0 amide bonds. The Kier molecular flexibility index (Phi) is 8.08. The molecular weight excluding hydrogens is 517 g/mol. The summed E-state index contributed by atoms with van der Waals surface area (Å²) < 4.78 is 51.7. The van der Waals surface area contributed by atoms with Crippen LogP contribution in [0.25, 0.3) is 10.9 Å². The highest BCUT2D eigenvalue weighted by Gasteiger charge is 2.38. The molecule has 0 unspecified atom stereocenters. The zero-order valence-electron chi connectivity index (χ0n) is 18.0. The second-order valence-electron chi connectivity index (χ2n) is 7.52. The topological polar surface area (TPSA) is 122 Å². The quantitative estimate of drug-likeness (QED) is 0.254. The fourth-order valence-electron chi connectivity index (χ4n) is 3.21. The van der Waals surface area contributed by atoms with E-state index in [1.807, 2.05) is 12.1 Å². The highest BCUT2D eigenvalue weighted by molar-refractivity contribution is 6.42. The smallest absolute Gasteiger partial charge is 0.490 e. The lowest BCUT2D eigenvalue weighted by Gasteiger charge is -2.34. The van der Waals surface area contributed by atoms with Crippen LogP contribution in [0.1, 0.15) is 12.8 Å². The molecule has 8 nitrogen and oxygen atoms in total. The molecule has 5 N–H and O–H groups in total. The first kappa shape index (κ1) is 26.5. The highest BCUT2D eigenvalue weighted by Crippen LogP contribution is 2.37. The Morgan fingerprint density at radius 3 is 2.43 bits per heavy atom. The van der Waals surface area contributed by atoms with E-state index in [0.29, 0.717) is 22.5 Å². The van der Waals surface area contributed by atoms with E-state index in [1.165, 1.54) is 18.5 Å². The minimum absolute atomic E-state index is 0.143. The molecule has 188 valence electrons. The Bertz CT molecular complexity index is 1240. The van der Waals surface area contributed by atoms with Gasteiger partial charge in [-0.25, -0.2) is 19.2 Å². The maximum atomic E-state index is 14.4. The minimum atomic E-state index is -5.08. The van der Waals surface area contributed by atoms with Crippen molar-refractivity contribution < 1.29 is 32.2 Å². The predicted molar refractivity (Wildman–Crippen MR) is 124 cm³/mol. The Labute approximate surface area is 206 Å². The Morgan fingerprint density at radius 1 is 1.20 bits per heavy atom. The summed E-state index contributed by atoms with van der Waals surface area (Å²) in [7, 11) is 1.60. The summed E-state index contributed by atoms with van der Waals surface area (Å²) in [6.07, 6.45) is -1.89. The van der Waals surface area contributed by atoms with E-state index in [4.69, 9.17) is 43.6 Å². The van der Waals surface area contributed by atoms with Crippen molar-refractivity contribution >= 4 is 57.3 Å². The number of benzene rings is 2. The van der Waals surface area contributed by atoms with Gasteiger partial charge >= 0.3 is 12.1 Å². The predicted octanol–water partition coefficient (Wildman–Crippen LogP) is 5.36. The van der Waals surface area contributed by atoms with Crippen molar-refractivity contribution in [1.82, 2.24) is 9.97 Å². The lowest BCUT2D eigenvalue weighted by atomic mass is 9.87. The number of alkyl halides is 3. The Hall–Kier alpha value is -3.09. The van der Waals surface area contributed by atoms with Crippen molar-refractivity contribution in [3.05, 3.63) is 46.5 Å². The van der Waals surface area contributed by atoms with E-state index in [-0.39, 0.29) is 27.8 Å². The van der Waals surface area contributed by atoms with E-state index < -0.39 is 18.0 Å². The van der Waals surface area contributed by atoms with Crippen LogP contribution in [-0.4, -0.2) is 46.4 Å². The van der Waals surface area contributed by atoms with Gasteiger partial charge in [-0.1, -0.05) is 23.2 Å². The number of anilines is 3. The first-order valence-electron chi connectivity index (χ1n) is 9.96. The third-order valence-corrected chi connectivity index (χ3v) is 5.80. The maximum absolute atomic E-state index is 14.4. The molecule has 0 saturated heterocycles. The molecule has 0 spiro atoms. The summed E-state index contributed by atoms with van der Waals surface area (Å²) in [6.45, 7) is 0. The van der Waals surface area contributed by atoms with Gasteiger partial charge in [0, 0.05) is 23.5 Å². The molecule has 3 aromatic rings. The fraction of sp³-hybridized carbons (Fsp3) is 0.286. The first-order chi connectivity index (χ1) is 16.4. The van der Waals surface area contributed by atoms with Gasteiger partial charge in [-0.2, -0.15) is 13.2 Å². The van der Waals surface area contributed by atoms with Crippen molar-refractivity contribution in [1.29, 1.82) is 0 Å². The number of nitrogens with zero attached hydrogens (tertiary/aromatic N) is 2. The third kappa shape index (κ3) is 6.32.